The van der Waals surface area contributed by atoms with E-state index in [1.54, 1.807) is 24.3 Å². The van der Waals surface area contributed by atoms with Gasteiger partial charge in [-0.15, -0.1) is 0 Å². The number of benzene rings is 2. The fraction of sp³-hybridized carbons (Fsp3) is 0.417. The van der Waals surface area contributed by atoms with Crippen molar-refractivity contribution in [1.29, 1.82) is 0 Å². The Morgan fingerprint density at radius 1 is 0.893 bits per heavy atom. The molecule has 0 spiro atoms. The first-order valence-corrected chi connectivity index (χ1v) is 10.0. The van der Waals surface area contributed by atoms with Gasteiger partial charge in [0.05, 0.1) is 11.1 Å². The number of ether oxygens (including phenoxy) is 2. The van der Waals surface area contributed by atoms with Gasteiger partial charge in [0.25, 0.3) is 0 Å². The standard InChI is InChI=1S/C24H30O4/c1-4-6-17-24(3,28-23(26)20-15-11-8-12-16-20)18-21(5-2)27-22(25)19-13-9-7-10-14-19/h7-16,21H,4-6,17-18H2,1-3H3. The predicted molar refractivity (Wildman–Crippen MR) is 110 cm³/mol. The summed E-state index contributed by atoms with van der Waals surface area (Å²) in [6.45, 7) is 6.01. The van der Waals surface area contributed by atoms with Gasteiger partial charge in [-0.3, -0.25) is 0 Å². The Morgan fingerprint density at radius 3 is 1.93 bits per heavy atom. The molecule has 0 aliphatic heterocycles. The van der Waals surface area contributed by atoms with Crippen molar-refractivity contribution in [3.05, 3.63) is 71.8 Å². The Balaban J connectivity index is 2.09. The van der Waals surface area contributed by atoms with Crippen LogP contribution in [0.5, 0.6) is 0 Å². The fourth-order valence-corrected chi connectivity index (χ4v) is 3.15. The van der Waals surface area contributed by atoms with Crippen molar-refractivity contribution >= 4 is 11.9 Å². The summed E-state index contributed by atoms with van der Waals surface area (Å²) in [5.74, 6) is -0.692. The van der Waals surface area contributed by atoms with E-state index in [9.17, 15) is 9.59 Å². The van der Waals surface area contributed by atoms with Crippen molar-refractivity contribution in [2.24, 2.45) is 0 Å². The van der Waals surface area contributed by atoms with E-state index in [1.165, 1.54) is 0 Å². The zero-order valence-electron chi connectivity index (χ0n) is 17.0. The molecular weight excluding hydrogens is 352 g/mol. The van der Waals surface area contributed by atoms with Gasteiger partial charge in [-0.05, 0) is 50.5 Å². The van der Waals surface area contributed by atoms with Crippen molar-refractivity contribution in [2.45, 2.75) is 64.6 Å². The summed E-state index contributed by atoms with van der Waals surface area (Å²) in [6.07, 6.45) is 3.46. The maximum Gasteiger partial charge on any atom is 0.338 e. The third-order valence-corrected chi connectivity index (χ3v) is 4.81. The van der Waals surface area contributed by atoms with Crippen molar-refractivity contribution in [3.8, 4) is 0 Å². The average molecular weight is 383 g/mol. The fourth-order valence-electron chi connectivity index (χ4n) is 3.15. The van der Waals surface area contributed by atoms with Crippen LogP contribution in [0, 0.1) is 0 Å². The monoisotopic (exact) mass is 382 g/mol. The van der Waals surface area contributed by atoms with Gasteiger partial charge in [0.1, 0.15) is 11.7 Å². The van der Waals surface area contributed by atoms with Gasteiger partial charge in [-0.2, -0.15) is 0 Å². The summed E-state index contributed by atoms with van der Waals surface area (Å²) >= 11 is 0. The molecule has 2 rings (SSSR count). The zero-order chi connectivity index (χ0) is 20.4. The Morgan fingerprint density at radius 2 is 1.43 bits per heavy atom. The molecule has 2 unspecified atom stereocenters. The second kappa shape index (κ2) is 10.6. The maximum absolute atomic E-state index is 12.6. The molecule has 0 aliphatic rings. The lowest BCUT2D eigenvalue weighted by molar-refractivity contribution is -0.0452. The highest BCUT2D eigenvalue weighted by Crippen LogP contribution is 2.28. The molecule has 0 saturated carbocycles. The minimum absolute atomic E-state index is 0.321. The van der Waals surface area contributed by atoms with E-state index in [0.29, 0.717) is 24.0 Å². The van der Waals surface area contributed by atoms with E-state index >= 15 is 0 Å². The van der Waals surface area contributed by atoms with Crippen LogP contribution in [0.15, 0.2) is 60.7 Å². The molecule has 0 saturated heterocycles. The number of rotatable bonds is 10. The van der Waals surface area contributed by atoms with E-state index < -0.39 is 5.60 Å². The second-order valence-corrected chi connectivity index (χ2v) is 7.31. The van der Waals surface area contributed by atoms with Crippen molar-refractivity contribution in [1.82, 2.24) is 0 Å². The van der Waals surface area contributed by atoms with Gasteiger partial charge in [0.2, 0.25) is 0 Å². The molecular formula is C24H30O4. The smallest absolute Gasteiger partial charge is 0.338 e. The molecule has 0 aliphatic carbocycles. The van der Waals surface area contributed by atoms with Gasteiger partial charge in [-0.25, -0.2) is 9.59 Å². The summed E-state index contributed by atoms with van der Waals surface area (Å²) in [4.78, 5) is 25.0. The summed E-state index contributed by atoms with van der Waals surface area (Å²) in [7, 11) is 0. The third-order valence-electron chi connectivity index (χ3n) is 4.81. The maximum atomic E-state index is 12.6. The molecule has 0 amide bonds. The molecule has 28 heavy (non-hydrogen) atoms. The summed E-state index contributed by atoms with van der Waals surface area (Å²) < 4.78 is 11.6. The van der Waals surface area contributed by atoms with Crippen LogP contribution in [0.1, 0.15) is 73.6 Å². The second-order valence-electron chi connectivity index (χ2n) is 7.31. The number of hydrogen-bond donors (Lipinski definition) is 0. The van der Waals surface area contributed by atoms with E-state index in [-0.39, 0.29) is 18.0 Å². The first kappa shape index (κ1) is 21.7. The summed E-state index contributed by atoms with van der Waals surface area (Å²) in [5.41, 5.74) is 0.359. The molecule has 2 aromatic carbocycles. The summed E-state index contributed by atoms with van der Waals surface area (Å²) in [6, 6.07) is 17.9. The molecule has 0 bridgehead atoms. The van der Waals surface area contributed by atoms with E-state index in [1.807, 2.05) is 50.2 Å². The Kier molecular flexibility index (Phi) is 8.24. The van der Waals surface area contributed by atoms with Gasteiger partial charge < -0.3 is 9.47 Å². The van der Waals surface area contributed by atoms with Crippen LogP contribution in [-0.4, -0.2) is 23.6 Å². The van der Waals surface area contributed by atoms with Crippen LogP contribution in [-0.2, 0) is 9.47 Å². The molecule has 2 aromatic rings. The molecule has 4 nitrogen and oxygen atoms in total. The van der Waals surface area contributed by atoms with Crippen molar-refractivity contribution < 1.29 is 19.1 Å². The number of hydrogen-bond acceptors (Lipinski definition) is 4. The Labute approximate surface area is 167 Å². The molecule has 0 radical (unpaired) electrons. The normalized spacial score (nSPS) is 14.0. The van der Waals surface area contributed by atoms with E-state index in [4.69, 9.17) is 9.47 Å². The predicted octanol–water partition coefficient (Wildman–Crippen LogP) is 5.82. The van der Waals surface area contributed by atoms with Gasteiger partial charge in [-0.1, -0.05) is 56.7 Å². The van der Waals surface area contributed by atoms with Crippen LogP contribution in [0.2, 0.25) is 0 Å². The molecule has 4 heteroatoms. The van der Waals surface area contributed by atoms with E-state index in [2.05, 4.69) is 6.92 Å². The van der Waals surface area contributed by atoms with Crippen LogP contribution in [0.3, 0.4) is 0 Å². The number of carbonyl (C=O) groups excluding carboxylic acids is 2. The van der Waals surface area contributed by atoms with Crippen LogP contribution >= 0.6 is 0 Å². The lowest BCUT2D eigenvalue weighted by atomic mass is 9.91. The molecule has 0 aromatic heterocycles. The van der Waals surface area contributed by atoms with Crippen LogP contribution in [0.25, 0.3) is 0 Å². The lowest BCUT2D eigenvalue weighted by Gasteiger charge is -2.33. The topological polar surface area (TPSA) is 52.6 Å². The first-order chi connectivity index (χ1) is 13.5. The number of unbranched alkanes of at least 4 members (excludes halogenated alkanes) is 1. The zero-order valence-corrected chi connectivity index (χ0v) is 17.0. The highest BCUT2D eigenvalue weighted by atomic mass is 16.6. The molecule has 2 atom stereocenters. The van der Waals surface area contributed by atoms with Crippen LogP contribution < -0.4 is 0 Å². The number of esters is 2. The highest BCUT2D eigenvalue weighted by Gasteiger charge is 2.33. The van der Waals surface area contributed by atoms with Crippen molar-refractivity contribution in [3.63, 3.8) is 0 Å². The molecule has 0 fully saturated rings. The quantitative estimate of drug-likeness (QED) is 0.486. The Hall–Kier alpha value is -2.62. The largest absolute Gasteiger partial charge is 0.459 e. The Bertz CT molecular complexity index is 742. The third kappa shape index (κ3) is 6.52. The molecule has 150 valence electrons. The number of carbonyl (C=O) groups is 2. The summed E-state index contributed by atoms with van der Waals surface area (Å²) in [5, 5.41) is 0. The minimum Gasteiger partial charge on any atom is -0.459 e. The first-order valence-electron chi connectivity index (χ1n) is 10.0. The van der Waals surface area contributed by atoms with Gasteiger partial charge in [0, 0.05) is 6.42 Å². The average Bonchev–Trinajstić information content (AvgIpc) is 2.73. The SMILES string of the molecule is CCCCC(C)(CC(CC)OC(=O)c1ccccc1)OC(=O)c1ccccc1. The van der Waals surface area contributed by atoms with E-state index in [0.717, 1.165) is 19.3 Å². The molecule has 0 N–H and O–H groups in total. The van der Waals surface area contributed by atoms with Gasteiger partial charge in [0.15, 0.2) is 0 Å². The lowest BCUT2D eigenvalue weighted by Crippen LogP contribution is -2.37. The van der Waals surface area contributed by atoms with Gasteiger partial charge >= 0.3 is 11.9 Å². The van der Waals surface area contributed by atoms with Crippen LogP contribution in [0.4, 0.5) is 0 Å². The van der Waals surface area contributed by atoms with Crippen molar-refractivity contribution in [2.75, 3.05) is 0 Å². The molecule has 0 heterocycles. The highest BCUT2D eigenvalue weighted by molar-refractivity contribution is 5.90. The minimum atomic E-state index is -0.694.